The van der Waals surface area contributed by atoms with E-state index in [-0.39, 0.29) is 15.8 Å². The van der Waals surface area contributed by atoms with Crippen molar-refractivity contribution in [3.8, 4) is 0 Å². The number of aromatic amines is 1. The van der Waals surface area contributed by atoms with Gasteiger partial charge >= 0.3 is 5.69 Å². The minimum atomic E-state index is -0.518. The van der Waals surface area contributed by atoms with E-state index in [1.165, 1.54) is 7.05 Å². The van der Waals surface area contributed by atoms with Gasteiger partial charge in [0.15, 0.2) is 0 Å². The Morgan fingerprint density at radius 1 is 1.50 bits per heavy atom. The number of hydrogen-bond donors (Lipinski definition) is 2. The fraction of sp³-hybridized carbons (Fsp3) is 0.200. The number of nitrogens with two attached hydrogens (primary N) is 1. The van der Waals surface area contributed by atoms with Crippen molar-refractivity contribution >= 4 is 21.7 Å². The molecule has 0 aliphatic carbocycles. The molecule has 1 heterocycles. The smallest absolute Gasteiger partial charge is 0.329 e. The molecule has 0 amide bonds. The van der Waals surface area contributed by atoms with Gasteiger partial charge in [-0.05, 0) is 15.9 Å². The lowest BCUT2D eigenvalue weighted by Crippen LogP contribution is -2.30. The van der Waals surface area contributed by atoms with Gasteiger partial charge in [0.25, 0.3) is 5.56 Å². The Balaban J connectivity index is 0.00000121. The van der Waals surface area contributed by atoms with Gasteiger partial charge in [-0.25, -0.2) is 4.79 Å². The van der Waals surface area contributed by atoms with Crippen molar-refractivity contribution in [1.29, 1.82) is 0 Å². The molecule has 1 aromatic rings. The molecule has 5 N–H and O–H groups in total. The lowest BCUT2D eigenvalue weighted by molar-refractivity contribution is 0.807. The van der Waals surface area contributed by atoms with Gasteiger partial charge in [-0.15, -0.1) is 0 Å². The fourth-order valence-electron chi connectivity index (χ4n) is 0.609. The highest BCUT2D eigenvalue weighted by Gasteiger charge is 2.04. The summed E-state index contributed by atoms with van der Waals surface area (Å²) in [5.41, 5.74) is 4.35. The van der Waals surface area contributed by atoms with Crippen LogP contribution < -0.4 is 17.0 Å². The molecule has 12 heavy (non-hydrogen) atoms. The highest BCUT2D eigenvalue weighted by molar-refractivity contribution is 9.10. The predicted molar refractivity (Wildman–Crippen MR) is 48.0 cm³/mol. The van der Waals surface area contributed by atoms with E-state index in [4.69, 9.17) is 5.73 Å². The van der Waals surface area contributed by atoms with E-state index < -0.39 is 11.2 Å². The van der Waals surface area contributed by atoms with Crippen molar-refractivity contribution in [2.24, 2.45) is 7.05 Å². The predicted octanol–water partition coefficient (Wildman–Crippen LogP) is -1.41. The molecule has 0 aromatic carbocycles. The first-order valence-electron chi connectivity index (χ1n) is 2.78. The van der Waals surface area contributed by atoms with Crippen molar-refractivity contribution in [2.45, 2.75) is 0 Å². The number of hydrogen-bond acceptors (Lipinski definition) is 3. The molecule has 0 aliphatic heterocycles. The van der Waals surface area contributed by atoms with Crippen LogP contribution in [0.3, 0.4) is 0 Å². The second kappa shape index (κ2) is 3.55. The van der Waals surface area contributed by atoms with Crippen LogP contribution in [0.2, 0.25) is 0 Å². The van der Waals surface area contributed by atoms with Crippen molar-refractivity contribution in [3.63, 3.8) is 0 Å². The summed E-state index contributed by atoms with van der Waals surface area (Å²) in [5.74, 6) is 0.124. The van der Waals surface area contributed by atoms with Crippen LogP contribution >= 0.6 is 15.9 Å². The third kappa shape index (κ3) is 1.56. The van der Waals surface area contributed by atoms with Crippen molar-refractivity contribution in [1.82, 2.24) is 9.55 Å². The summed E-state index contributed by atoms with van der Waals surface area (Å²) in [4.78, 5) is 23.7. The molecule has 0 saturated heterocycles. The Hall–Kier alpha value is -1.08. The van der Waals surface area contributed by atoms with Crippen molar-refractivity contribution in [3.05, 3.63) is 25.3 Å². The van der Waals surface area contributed by atoms with Crippen LogP contribution in [0.15, 0.2) is 14.1 Å². The zero-order valence-corrected chi connectivity index (χ0v) is 7.81. The molecular formula is C5H8BrN3O3. The first-order chi connectivity index (χ1) is 5.04. The number of halogens is 1. The van der Waals surface area contributed by atoms with Crippen LogP contribution in [0.4, 0.5) is 5.82 Å². The molecular weight excluding hydrogens is 230 g/mol. The lowest BCUT2D eigenvalue weighted by atomic mass is 10.6. The lowest BCUT2D eigenvalue weighted by Gasteiger charge is -2.01. The molecule has 0 radical (unpaired) electrons. The van der Waals surface area contributed by atoms with Gasteiger partial charge in [0, 0.05) is 7.05 Å². The molecule has 0 fully saturated rings. The molecule has 1 aromatic heterocycles. The van der Waals surface area contributed by atoms with E-state index >= 15 is 0 Å². The Morgan fingerprint density at radius 3 is 2.50 bits per heavy atom. The number of anilines is 1. The second-order valence-electron chi connectivity index (χ2n) is 2.02. The van der Waals surface area contributed by atoms with Gasteiger partial charge in [-0.2, -0.15) is 0 Å². The standard InChI is InChI=1S/C5H6BrN3O2.H2O/c1-9-3(7)2(6)4(10)8-5(9)11;/h7H2,1H3,(H,8,10,11);1H2. The summed E-state index contributed by atoms with van der Waals surface area (Å²) >= 11 is 2.94. The Morgan fingerprint density at radius 2 is 2.00 bits per heavy atom. The number of H-pyrrole nitrogens is 1. The minimum absolute atomic E-state index is 0. The number of aromatic nitrogens is 2. The van der Waals surface area contributed by atoms with Gasteiger partial charge < -0.3 is 11.2 Å². The monoisotopic (exact) mass is 237 g/mol. The molecule has 0 bridgehead atoms. The number of nitrogen functional groups attached to an aromatic ring is 1. The molecule has 0 saturated carbocycles. The second-order valence-corrected chi connectivity index (χ2v) is 2.81. The van der Waals surface area contributed by atoms with E-state index in [0.29, 0.717) is 0 Å². The third-order valence-corrected chi connectivity index (χ3v) is 2.08. The number of rotatable bonds is 0. The maximum atomic E-state index is 10.8. The van der Waals surface area contributed by atoms with Crippen molar-refractivity contribution < 1.29 is 5.48 Å². The molecule has 0 aliphatic rings. The number of nitrogens with one attached hydrogen (secondary N) is 1. The first-order valence-corrected chi connectivity index (χ1v) is 3.57. The average molecular weight is 238 g/mol. The summed E-state index contributed by atoms with van der Waals surface area (Å²) in [6.07, 6.45) is 0. The SMILES string of the molecule is Cn1c(N)c(Br)c(=O)[nH]c1=O.O. The zero-order chi connectivity index (χ0) is 8.59. The van der Waals surface area contributed by atoms with Gasteiger partial charge in [0.2, 0.25) is 0 Å². The third-order valence-electron chi connectivity index (χ3n) is 1.31. The van der Waals surface area contributed by atoms with E-state index in [2.05, 4.69) is 20.9 Å². The summed E-state index contributed by atoms with van der Waals surface area (Å²) in [5, 5.41) is 0. The van der Waals surface area contributed by atoms with Gasteiger partial charge in [-0.3, -0.25) is 14.3 Å². The maximum absolute atomic E-state index is 10.8. The molecule has 68 valence electrons. The largest absolute Gasteiger partial charge is 0.412 e. The highest BCUT2D eigenvalue weighted by Crippen LogP contribution is 2.08. The van der Waals surface area contributed by atoms with Gasteiger partial charge in [0.05, 0.1) is 0 Å². The van der Waals surface area contributed by atoms with E-state index in [1.807, 2.05) is 0 Å². The molecule has 7 heteroatoms. The van der Waals surface area contributed by atoms with E-state index in [0.717, 1.165) is 4.57 Å². The van der Waals surface area contributed by atoms with Gasteiger partial charge in [0.1, 0.15) is 10.3 Å². The molecule has 0 unspecified atom stereocenters. The van der Waals surface area contributed by atoms with Crippen LogP contribution in [-0.2, 0) is 7.05 Å². The Bertz CT molecular complexity index is 360. The van der Waals surface area contributed by atoms with E-state index in [1.54, 1.807) is 0 Å². The topological polar surface area (TPSA) is 112 Å². The number of nitrogens with zero attached hydrogens (tertiary/aromatic N) is 1. The van der Waals surface area contributed by atoms with Crippen LogP contribution in [0.5, 0.6) is 0 Å². The van der Waals surface area contributed by atoms with Crippen molar-refractivity contribution in [2.75, 3.05) is 5.73 Å². The summed E-state index contributed by atoms with van der Waals surface area (Å²) in [7, 11) is 1.47. The van der Waals surface area contributed by atoms with Crippen LogP contribution in [0.25, 0.3) is 0 Å². The summed E-state index contributed by atoms with van der Waals surface area (Å²) in [6, 6.07) is 0. The first kappa shape index (κ1) is 10.9. The fourth-order valence-corrected chi connectivity index (χ4v) is 0.974. The van der Waals surface area contributed by atoms with Crippen LogP contribution in [0.1, 0.15) is 0 Å². The molecule has 0 atom stereocenters. The quantitative estimate of drug-likeness (QED) is 0.579. The summed E-state index contributed by atoms with van der Waals surface area (Å²) in [6.45, 7) is 0. The van der Waals surface area contributed by atoms with E-state index in [9.17, 15) is 9.59 Å². The molecule has 1 rings (SSSR count). The Labute approximate surface area is 75.5 Å². The Kier molecular flexibility index (Phi) is 3.23. The average Bonchev–Trinajstić information content (AvgIpc) is 1.97. The van der Waals surface area contributed by atoms with Crippen LogP contribution in [0, 0.1) is 0 Å². The van der Waals surface area contributed by atoms with Crippen LogP contribution in [-0.4, -0.2) is 15.0 Å². The highest BCUT2D eigenvalue weighted by atomic mass is 79.9. The normalized spacial score (nSPS) is 9.17. The zero-order valence-electron chi connectivity index (χ0n) is 6.22. The summed E-state index contributed by atoms with van der Waals surface area (Å²) < 4.78 is 1.32. The molecule has 0 spiro atoms. The van der Waals surface area contributed by atoms with Gasteiger partial charge in [-0.1, -0.05) is 0 Å². The molecule has 6 nitrogen and oxygen atoms in total. The minimum Gasteiger partial charge on any atom is -0.412 e. The maximum Gasteiger partial charge on any atom is 0.329 e.